The van der Waals surface area contributed by atoms with E-state index in [2.05, 4.69) is 53.1 Å². The fourth-order valence-electron chi connectivity index (χ4n) is 3.33. The van der Waals surface area contributed by atoms with Gasteiger partial charge >= 0.3 is 0 Å². The number of hydrogen-bond donors (Lipinski definition) is 0. The lowest BCUT2D eigenvalue weighted by Gasteiger charge is -2.40. The lowest BCUT2D eigenvalue weighted by Crippen LogP contribution is -2.48. The van der Waals surface area contributed by atoms with Crippen molar-refractivity contribution in [2.24, 2.45) is 0 Å². The van der Waals surface area contributed by atoms with Gasteiger partial charge in [0.2, 0.25) is 0 Å². The molecule has 0 radical (unpaired) electrons. The molecule has 0 unspecified atom stereocenters. The van der Waals surface area contributed by atoms with E-state index in [-0.39, 0.29) is 6.04 Å². The van der Waals surface area contributed by atoms with Gasteiger partial charge in [0.1, 0.15) is 6.04 Å². The van der Waals surface area contributed by atoms with Gasteiger partial charge in [-0.1, -0.05) is 60.7 Å². The van der Waals surface area contributed by atoms with Crippen molar-refractivity contribution >= 4 is 0 Å². The minimum Gasteiger partial charge on any atom is -0.294 e. The summed E-state index contributed by atoms with van der Waals surface area (Å²) in [5.41, 5.74) is 2.46. The lowest BCUT2D eigenvalue weighted by atomic mass is 10.0. The van der Waals surface area contributed by atoms with Crippen LogP contribution in [0.1, 0.15) is 30.1 Å². The zero-order valence-electron chi connectivity index (χ0n) is 13.6. The van der Waals surface area contributed by atoms with Crippen LogP contribution in [-0.2, 0) is 0 Å². The Morgan fingerprint density at radius 2 is 1.26 bits per heavy atom. The minimum absolute atomic E-state index is 0.134. The van der Waals surface area contributed by atoms with Gasteiger partial charge in [-0.15, -0.1) is 0 Å². The maximum Gasteiger partial charge on any atom is 0.123 e. The van der Waals surface area contributed by atoms with Crippen molar-refractivity contribution in [3.63, 3.8) is 0 Å². The van der Waals surface area contributed by atoms with Crippen LogP contribution in [0.25, 0.3) is 0 Å². The molecule has 1 saturated heterocycles. The van der Waals surface area contributed by atoms with Crippen LogP contribution in [0, 0.1) is 11.3 Å². The van der Waals surface area contributed by atoms with Crippen LogP contribution in [0.2, 0.25) is 0 Å². The molecular formula is C20H23N3. The van der Waals surface area contributed by atoms with Crippen LogP contribution < -0.4 is 0 Å². The molecular weight excluding hydrogens is 282 g/mol. The van der Waals surface area contributed by atoms with E-state index in [1.807, 2.05) is 30.3 Å². The predicted octanol–water partition coefficient (Wildman–Crippen LogP) is 3.63. The molecule has 1 aliphatic rings. The van der Waals surface area contributed by atoms with Gasteiger partial charge in [-0.05, 0) is 18.1 Å². The van der Waals surface area contributed by atoms with E-state index < -0.39 is 0 Å². The average Bonchev–Trinajstić information content (AvgIpc) is 2.64. The topological polar surface area (TPSA) is 30.3 Å². The normalized spacial score (nSPS) is 19.0. The quantitative estimate of drug-likeness (QED) is 0.864. The molecule has 0 aromatic heterocycles. The second-order valence-electron chi connectivity index (χ2n) is 6.10. The van der Waals surface area contributed by atoms with Gasteiger partial charge in [0, 0.05) is 32.2 Å². The monoisotopic (exact) mass is 305 g/mol. The molecule has 2 aromatic rings. The van der Waals surface area contributed by atoms with E-state index in [1.54, 1.807) is 0 Å². The summed E-state index contributed by atoms with van der Waals surface area (Å²) in [6, 6.07) is 23.5. The lowest BCUT2D eigenvalue weighted by molar-refractivity contribution is 0.0876. The van der Waals surface area contributed by atoms with E-state index in [9.17, 15) is 5.26 Å². The van der Waals surface area contributed by atoms with Gasteiger partial charge in [-0.2, -0.15) is 5.26 Å². The molecule has 2 aromatic carbocycles. The summed E-state index contributed by atoms with van der Waals surface area (Å²) in [7, 11) is 0. The molecule has 23 heavy (non-hydrogen) atoms. The first-order valence-electron chi connectivity index (χ1n) is 8.27. The molecule has 0 spiro atoms. The first kappa shape index (κ1) is 15.7. The van der Waals surface area contributed by atoms with Crippen molar-refractivity contribution in [3.8, 4) is 6.07 Å². The second kappa shape index (κ2) is 7.41. The van der Waals surface area contributed by atoms with Crippen LogP contribution in [0.4, 0.5) is 0 Å². The van der Waals surface area contributed by atoms with E-state index in [1.165, 1.54) is 5.56 Å². The van der Waals surface area contributed by atoms with Crippen molar-refractivity contribution in [3.05, 3.63) is 71.8 Å². The van der Waals surface area contributed by atoms with Crippen LogP contribution in [0.3, 0.4) is 0 Å². The van der Waals surface area contributed by atoms with Gasteiger partial charge in [0.15, 0.2) is 0 Å². The molecule has 2 atom stereocenters. The molecule has 0 saturated carbocycles. The van der Waals surface area contributed by atoms with Crippen molar-refractivity contribution in [1.82, 2.24) is 9.80 Å². The predicted molar refractivity (Wildman–Crippen MR) is 92.8 cm³/mol. The number of hydrogen-bond acceptors (Lipinski definition) is 3. The highest BCUT2D eigenvalue weighted by atomic mass is 15.3. The maximum absolute atomic E-state index is 9.58. The second-order valence-corrected chi connectivity index (χ2v) is 6.10. The Morgan fingerprint density at radius 1 is 0.783 bits per heavy atom. The largest absolute Gasteiger partial charge is 0.294 e. The summed E-state index contributed by atoms with van der Waals surface area (Å²) in [6.07, 6.45) is 0. The summed E-state index contributed by atoms with van der Waals surface area (Å²) >= 11 is 0. The fourth-order valence-corrected chi connectivity index (χ4v) is 3.33. The molecule has 1 fully saturated rings. The highest BCUT2D eigenvalue weighted by molar-refractivity contribution is 5.24. The summed E-state index contributed by atoms with van der Waals surface area (Å²) in [6.45, 7) is 6.14. The molecule has 118 valence electrons. The van der Waals surface area contributed by atoms with Crippen LogP contribution >= 0.6 is 0 Å². The molecule has 1 aliphatic heterocycles. The average molecular weight is 305 g/mol. The van der Waals surface area contributed by atoms with Gasteiger partial charge in [0.05, 0.1) is 6.07 Å². The fraction of sp³-hybridized carbons (Fsp3) is 0.350. The zero-order valence-corrected chi connectivity index (χ0v) is 13.6. The number of nitrogens with zero attached hydrogens (tertiary/aromatic N) is 3. The van der Waals surface area contributed by atoms with Crippen molar-refractivity contribution in [2.45, 2.75) is 19.0 Å². The first-order valence-corrected chi connectivity index (χ1v) is 8.27. The van der Waals surface area contributed by atoms with Crippen LogP contribution in [0.15, 0.2) is 60.7 Å². The van der Waals surface area contributed by atoms with Gasteiger partial charge < -0.3 is 0 Å². The third kappa shape index (κ3) is 3.61. The van der Waals surface area contributed by atoms with E-state index in [0.29, 0.717) is 6.04 Å². The van der Waals surface area contributed by atoms with E-state index >= 15 is 0 Å². The Balaban J connectivity index is 1.63. The molecule has 0 bridgehead atoms. The number of benzene rings is 2. The standard InChI is InChI=1S/C20H23N3/c1-17(18-8-4-2-5-9-18)22-12-14-23(15-13-22)20(16-21)19-10-6-3-7-11-19/h2-11,17,20H,12-15H2,1H3/t17-,20+/m0/s1. The first-order chi connectivity index (χ1) is 11.3. The smallest absolute Gasteiger partial charge is 0.123 e. The molecule has 3 rings (SSSR count). The maximum atomic E-state index is 9.58. The molecule has 3 nitrogen and oxygen atoms in total. The Hall–Kier alpha value is -2.15. The Kier molecular flexibility index (Phi) is 5.07. The summed E-state index contributed by atoms with van der Waals surface area (Å²) < 4.78 is 0. The van der Waals surface area contributed by atoms with Gasteiger partial charge in [0.25, 0.3) is 0 Å². The number of rotatable bonds is 4. The SMILES string of the molecule is C[C@@H](c1ccccc1)N1CCN([C@H](C#N)c2ccccc2)CC1. The Morgan fingerprint density at radius 3 is 1.78 bits per heavy atom. The van der Waals surface area contributed by atoms with E-state index in [0.717, 1.165) is 31.7 Å². The third-order valence-corrected chi connectivity index (χ3v) is 4.78. The highest BCUT2D eigenvalue weighted by Crippen LogP contribution is 2.25. The third-order valence-electron chi connectivity index (χ3n) is 4.78. The van der Waals surface area contributed by atoms with Crippen LogP contribution in [-0.4, -0.2) is 36.0 Å². The summed E-state index contributed by atoms with van der Waals surface area (Å²) in [4.78, 5) is 4.80. The Bertz CT molecular complexity index is 640. The van der Waals surface area contributed by atoms with Gasteiger partial charge in [-0.3, -0.25) is 9.80 Å². The number of piperazine rings is 1. The molecule has 0 amide bonds. The zero-order chi connectivity index (χ0) is 16.1. The molecule has 3 heteroatoms. The molecule has 1 heterocycles. The minimum atomic E-state index is -0.134. The Labute approximate surface area is 138 Å². The number of nitriles is 1. The van der Waals surface area contributed by atoms with Crippen LogP contribution in [0.5, 0.6) is 0 Å². The summed E-state index contributed by atoms with van der Waals surface area (Å²) in [5, 5.41) is 9.58. The summed E-state index contributed by atoms with van der Waals surface area (Å²) in [5.74, 6) is 0. The highest BCUT2D eigenvalue weighted by Gasteiger charge is 2.27. The van der Waals surface area contributed by atoms with Crippen molar-refractivity contribution in [2.75, 3.05) is 26.2 Å². The van der Waals surface area contributed by atoms with E-state index in [4.69, 9.17) is 0 Å². The molecule has 0 N–H and O–H groups in total. The van der Waals surface area contributed by atoms with Crippen molar-refractivity contribution in [1.29, 1.82) is 5.26 Å². The van der Waals surface area contributed by atoms with Gasteiger partial charge in [-0.25, -0.2) is 0 Å². The molecule has 0 aliphatic carbocycles. The van der Waals surface area contributed by atoms with Crippen molar-refractivity contribution < 1.29 is 0 Å².